The number of para-hydroxylation sites is 1. The zero-order chi connectivity index (χ0) is 16.1. The highest BCUT2D eigenvalue weighted by Gasteiger charge is 2.21. The van der Waals surface area contributed by atoms with E-state index >= 15 is 0 Å². The lowest BCUT2D eigenvalue weighted by atomic mass is 10.2. The van der Waals surface area contributed by atoms with Crippen LogP contribution < -0.4 is 10.2 Å². The standard InChI is InChI=1S/C17H17N5O/c18-12-14-6-7-16(19-13-14)21-8-10-22(11-9-21)17(23)20-15-4-2-1-3-5-15/h1-7,13H,8-11H2,(H,20,23). The number of urea groups is 1. The quantitative estimate of drug-likeness (QED) is 0.924. The normalized spacial score (nSPS) is 14.2. The number of piperazine rings is 1. The second kappa shape index (κ2) is 6.79. The Bertz CT molecular complexity index is 700. The van der Waals surface area contributed by atoms with Gasteiger partial charge in [0.1, 0.15) is 11.9 Å². The summed E-state index contributed by atoms with van der Waals surface area (Å²) >= 11 is 0. The number of anilines is 2. The number of hydrogen-bond donors (Lipinski definition) is 1. The molecule has 0 aliphatic carbocycles. The molecule has 2 amide bonds. The van der Waals surface area contributed by atoms with E-state index in [1.165, 1.54) is 0 Å². The molecule has 2 heterocycles. The molecule has 6 heteroatoms. The van der Waals surface area contributed by atoms with Crippen LogP contribution in [0.1, 0.15) is 5.56 Å². The van der Waals surface area contributed by atoms with Crippen LogP contribution in [0.25, 0.3) is 0 Å². The Hall–Kier alpha value is -3.07. The van der Waals surface area contributed by atoms with Crippen molar-refractivity contribution < 1.29 is 4.79 Å². The Balaban J connectivity index is 1.55. The first kappa shape index (κ1) is 14.9. The van der Waals surface area contributed by atoms with Crippen molar-refractivity contribution in [2.24, 2.45) is 0 Å². The number of benzene rings is 1. The highest BCUT2D eigenvalue weighted by molar-refractivity contribution is 5.89. The lowest BCUT2D eigenvalue weighted by Crippen LogP contribution is -2.50. The number of amides is 2. The van der Waals surface area contributed by atoms with Gasteiger partial charge in [0.05, 0.1) is 5.56 Å². The van der Waals surface area contributed by atoms with E-state index in [1.807, 2.05) is 36.4 Å². The highest BCUT2D eigenvalue weighted by Crippen LogP contribution is 2.15. The molecule has 0 unspecified atom stereocenters. The van der Waals surface area contributed by atoms with Gasteiger partial charge in [-0.15, -0.1) is 0 Å². The van der Waals surface area contributed by atoms with E-state index in [0.29, 0.717) is 18.7 Å². The maximum atomic E-state index is 12.2. The van der Waals surface area contributed by atoms with Gasteiger partial charge in [0.25, 0.3) is 0 Å². The Labute approximate surface area is 135 Å². The minimum atomic E-state index is -0.0800. The number of aromatic nitrogens is 1. The molecular weight excluding hydrogens is 290 g/mol. The molecule has 0 bridgehead atoms. The molecule has 23 heavy (non-hydrogen) atoms. The fourth-order valence-corrected chi connectivity index (χ4v) is 2.50. The third-order valence-electron chi connectivity index (χ3n) is 3.79. The predicted molar refractivity (Wildman–Crippen MR) is 88.2 cm³/mol. The second-order valence-electron chi connectivity index (χ2n) is 5.29. The molecule has 0 atom stereocenters. The summed E-state index contributed by atoms with van der Waals surface area (Å²) in [4.78, 5) is 20.5. The fraction of sp³-hybridized carbons (Fsp3) is 0.235. The fourth-order valence-electron chi connectivity index (χ4n) is 2.50. The highest BCUT2D eigenvalue weighted by atomic mass is 16.2. The second-order valence-corrected chi connectivity index (χ2v) is 5.29. The van der Waals surface area contributed by atoms with Crippen LogP contribution in [-0.4, -0.2) is 42.1 Å². The molecule has 0 spiro atoms. The number of nitrogens with one attached hydrogen (secondary N) is 1. The molecule has 1 saturated heterocycles. The molecule has 3 rings (SSSR count). The topological polar surface area (TPSA) is 72.3 Å². The van der Waals surface area contributed by atoms with Crippen LogP contribution in [0.5, 0.6) is 0 Å². The van der Waals surface area contributed by atoms with Gasteiger partial charge in [-0.05, 0) is 24.3 Å². The molecule has 1 fully saturated rings. The molecule has 1 aliphatic rings. The van der Waals surface area contributed by atoms with Gasteiger partial charge >= 0.3 is 6.03 Å². The first-order chi connectivity index (χ1) is 11.3. The third kappa shape index (κ3) is 3.58. The van der Waals surface area contributed by atoms with Crippen LogP contribution in [0, 0.1) is 11.3 Å². The SMILES string of the molecule is N#Cc1ccc(N2CCN(C(=O)Nc3ccccc3)CC2)nc1. The Morgan fingerprint density at radius 3 is 2.43 bits per heavy atom. The van der Waals surface area contributed by atoms with Crippen molar-refractivity contribution in [1.82, 2.24) is 9.88 Å². The van der Waals surface area contributed by atoms with Crippen molar-refractivity contribution in [3.8, 4) is 6.07 Å². The third-order valence-corrected chi connectivity index (χ3v) is 3.79. The minimum Gasteiger partial charge on any atom is -0.353 e. The van der Waals surface area contributed by atoms with E-state index in [0.717, 1.165) is 24.6 Å². The van der Waals surface area contributed by atoms with Gasteiger partial charge in [-0.1, -0.05) is 18.2 Å². The van der Waals surface area contributed by atoms with Gasteiger partial charge in [-0.25, -0.2) is 9.78 Å². The first-order valence-electron chi connectivity index (χ1n) is 7.48. The van der Waals surface area contributed by atoms with Crippen LogP contribution in [0.2, 0.25) is 0 Å². The van der Waals surface area contributed by atoms with E-state index in [2.05, 4.69) is 21.3 Å². The van der Waals surface area contributed by atoms with Gasteiger partial charge < -0.3 is 15.1 Å². The number of carbonyl (C=O) groups excluding carboxylic acids is 1. The zero-order valence-electron chi connectivity index (χ0n) is 12.6. The first-order valence-corrected chi connectivity index (χ1v) is 7.48. The van der Waals surface area contributed by atoms with Gasteiger partial charge in [0.15, 0.2) is 0 Å². The molecular formula is C17H17N5O. The monoisotopic (exact) mass is 307 g/mol. The average molecular weight is 307 g/mol. The maximum Gasteiger partial charge on any atom is 0.321 e. The van der Waals surface area contributed by atoms with Crippen molar-refractivity contribution in [3.05, 3.63) is 54.2 Å². The van der Waals surface area contributed by atoms with Crippen molar-refractivity contribution >= 4 is 17.5 Å². The van der Waals surface area contributed by atoms with E-state index < -0.39 is 0 Å². The van der Waals surface area contributed by atoms with Gasteiger partial charge in [-0.2, -0.15) is 5.26 Å². The van der Waals surface area contributed by atoms with E-state index in [-0.39, 0.29) is 6.03 Å². The molecule has 116 valence electrons. The summed E-state index contributed by atoms with van der Waals surface area (Å²) in [5.41, 5.74) is 1.35. The van der Waals surface area contributed by atoms with Crippen LogP contribution in [0.15, 0.2) is 48.7 Å². The number of rotatable bonds is 2. The summed E-state index contributed by atoms with van der Waals surface area (Å²) in [5, 5.41) is 11.7. The lowest BCUT2D eigenvalue weighted by molar-refractivity contribution is 0.208. The zero-order valence-corrected chi connectivity index (χ0v) is 12.6. The molecule has 1 N–H and O–H groups in total. The number of nitrogens with zero attached hydrogens (tertiary/aromatic N) is 4. The molecule has 0 saturated carbocycles. The smallest absolute Gasteiger partial charge is 0.321 e. The molecule has 1 aromatic carbocycles. The predicted octanol–water partition coefficient (Wildman–Crippen LogP) is 2.31. The minimum absolute atomic E-state index is 0.0800. The number of nitriles is 1. The number of hydrogen-bond acceptors (Lipinski definition) is 4. The molecule has 2 aromatic rings. The van der Waals surface area contributed by atoms with Crippen LogP contribution in [0.3, 0.4) is 0 Å². The number of carbonyl (C=O) groups is 1. The summed E-state index contributed by atoms with van der Waals surface area (Å²) in [6, 6.07) is 15.0. The Kier molecular flexibility index (Phi) is 4.39. The summed E-state index contributed by atoms with van der Waals surface area (Å²) < 4.78 is 0. The van der Waals surface area contributed by atoms with Crippen molar-refractivity contribution in [3.63, 3.8) is 0 Å². The van der Waals surface area contributed by atoms with Crippen molar-refractivity contribution in [2.45, 2.75) is 0 Å². The van der Waals surface area contributed by atoms with Gasteiger partial charge in [0, 0.05) is 38.1 Å². The van der Waals surface area contributed by atoms with E-state index in [1.54, 1.807) is 17.2 Å². The van der Waals surface area contributed by atoms with Crippen molar-refractivity contribution in [1.29, 1.82) is 5.26 Å². The van der Waals surface area contributed by atoms with Crippen LogP contribution in [-0.2, 0) is 0 Å². The Morgan fingerprint density at radius 2 is 1.83 bits per heavy atom. The van der Waals surface area contributed by atoms with E-state index in [4.69, 9.17) is 5.26 Å². The molecule has 6 nitrogen and oxygen atoms in total. The summed E-state index contributed by atoms with van der Waals surface area (Å²) in [7, 11) is 0. The summed E-state index contributed by atoms with van der Waals surface area (Å²) in [5.74, 6) is 0.840. The average Bonchev–Trinajstić information content (AvgIpc) is 2.63. The Morgan fingerprint density at radius 1 is 1.09 bits per heavy atom. The molecule has 1 aromatic heterocycles. The van der Waals surface area contributed by atoms with Crippen LogP contribution in [0.4, 0.5) is 16.3 Å². The number of pyridine rings is 1. The lowest BCUT2D eigenvalue weighted by Gasteiger charge is -2.35. The van der Waals surface area contributed by atoms with Gasteiger partial charge in [0.2, 0.25) is 0 Å². The maximum absolute atomic E-state index is 12.2. The van der Waals surface area contributed by atoms with Gasteiger partial charge in [-0.3, -0.25) is 0 Å². The molecule has 1 aliphatic heterocycles. The summed E-state index contributed by atoms with van der Waals surface area (Å²) in [6.07, 6.45) is 1.57. The van der Waals surface area contributed by atoms with Crippen molar-refractivity contribution in [2.75, 3.05) is 36.4 Å². The molecule has 0 radical (unpaired) electrons. The van der Waals surface area contributed by atoms with Crippen LogP contribution >= 0.6 is 0 Å². The summed E-state index contributed by atoms with van der Waals surface area (Å²) in [6.45, 7) is 2.73. The largest absolute Gasteiger partial charge is 0.353 e. The van der Waals surface area contributed by atoms with E-state index in [9.17, 15) is 4.79 Å².